The molecule has 0 aliphatic heterocycles. The Morgan fingerprint density at radius 3 is 2.57 bits per heavy atom. The van der Waals surface area contributed by atoms with Gasteiger partial charge in [0.2, 0.25) is 0 Å². The smallest absolute Gasteiger partial charge is 0.165 e. The fourth-order valence-corrected chi connectivity index (χ4v) is 8.21. The lowest BCUT2D eigenvalue weighted by Gasteiger charge is -2.59. The number of allylic oxidation sites excluding steroid dienone is 1. The fraction of sp³-hybridized carbons (Fsp3) is 0.769. The molecule has 0 unspecified atom stereocenters. The van der Waals surface area contributed by atoms with Crippen LogP contribution in [0.3, 0.4) is 0 Å². The van der Waals surface area contributed by atoms with E-state index in [1.165, 1.54) is 19.3 Å². The molecule has 1 heterocycles. The van der Waals surface area contributed by atoms with Gasteiger partial charge in [-0.05, 0) is 106 Å². The molecular weight excluding hydrogens is 372 g/mol. The topological polar surface area (TPSA) is 55.1 Å². The highest BCUT2D eigenvalue weighted by molar-refractivity contribution is 6.06. The lowest BCUT2D eigenvalue weighted by atomic mass is 9.45. The first-order valence-electron chi connectivity index (χ1n) is 12.1. The quantitative estimate of drug-likeness (QED) is 0.663. The summed E-state index contributed by atoms with van der Waals surface area (Å²) in [6, 6.07) is 0. The molecule has 4 fully saturated rings. The summed E-state index contributed by atoms with van der Waals surface area (Å²) in [7, 11) is 1.98. The van der Waals surface area contributed by atoms with Crippen LogP contribution in [0.25, 0.3) is 6.08 Å². The van der Waals surface area contributed by atoms with Gasteiger partial charge in [0.05, 0.1) is 11.8 Å². The van der Waals surface area contributed by atoms with Gasteiger partial charge in [-0.15, -0.1) is 0 Å². The van der Waals surface area contributed by atoms with Crippen LogP contribution in [0.15, 0.2) is 5.57 Å². The molecule has 164 valence electrons. The van der Waals surface area contributed by atoms with Crippen molar-refractivity contribution in [2.75, 3.05) is 0 Å². The first kappa shape index (κ1) is 20.5. The van der Waals surface area contributed by atoms with Crippen LogP contribution in [0.2, 0.25) is 0 Å². The number of aliphatic hydroxyl groups excluding tert-OH is 1. The van der Waals surface area contributed by atoms with Crippen LogP contribution in [0.4, 0.5) is 0 Å². The highest BCUT2D eigenvalue weighted by Crippen LogP contribution is 2.66. The van der Waals surface area contributed by atoms with Gasteiger partial charge in [0.1, 0.15) is 0 Å². The number of nitrogens with zero attached hydrogens (tertiary/aromatic N) is 2. The maximum atomic E-state index is 13.6. The fourth-order valence-electron chi connectivity index (χ4n) is 8.21. The Bertz CT molecular complexity index is 914. The molecular formula is C26H38N2O2. The van der Waals surface area contributed by atoms with Crippen molar-refractivity contribution < 1.29 is 9.90 Å². The third kappa shape index (κ3) is 2.75. The number of aryl methyl sites for hydroxylation is 2. The first-order chi connectivity index (χ1) is 14.1. The molecule has 0 aromatic carbocycles. The molecule has 0 amide bonds. The summed E-state index contributed by atoms with van der Waals surface area (Å²) in [4.78, 5) is 13.6. The second-order valence-corrected chi connectivity index (χ2v) is 11.5. The van der Waals surface area contributed by atoms with Gasteiger partial charge in [-0.3, -0.25) is 9.48 Å². The number of carbonyl (C=O) groups is 1. The number of hydrogen-bond donors (Lipinski definition) is 1. The Hall–Kier alpha value is -1.42. The van der Waals surface area contributed by atoms with Crippen molar-refractivity contribution in [1.29, 1.82) is 0 Å². The van der Waals surface area contributed by atoms with Gasteiger partial charge in [0.25, 0.3) is 0 Å². The minimum Gasteiger partial charge on any atom is -0.393 e. The monoisotopic (exact) mass is 410 g/mol. The van der Waals surface area contributed by atoms with Crippen molar-refractivity contribution in [3.05, 3.63) is 22.5 Å². The van der Waals surface area contributed by atoms with Crippen LogP contribution in [0, 0.1) is 48.3 Å². The van der Waals surface area contributed by atoms with Gasteiger partial charge in [-0.25, -0.2) is 0 Å². The van der Waals surface area contributed by atoms with E-state index >= 15 is 0 Å². The van der Waals surface area contributed by atoms with Crippen LogP contribution in [0.1, 0.15) is 82.2 Å². The Kier molecular flexibility index (Phi) is 4.63. The Morgan fingerprint density at radius 1 is 1.10 bits per heavy atom. The lowest BCUT2D eigenvalue weighted by Crippen LogP contribution is -2.54. The first-order valence-corrected chi connectivity index (χ1v) is 12.1. The molecule has 1 N–H and O–H groups in total. The molecule has 7 atom stereocenters. The van der Waals surface area contributed by atoms with Gasteiger partial charge < -0.3 is 5.11 Å². The van der Waals surface area contributed by atoms with E-state index in [4.69, 9.17) is 0 Å². The highest BCUT2D eigenvalue weighted by Gasteiger charge is 2.61. The summed E-state index contributed by atoms with van der Waals surface area (Å²) in [5.41, 5.74) is 4.50. The molecule has 4 aliphatic rings. The Morgan fingerprint density at radius 2 is 1.87 bits per heavy atom. The second-order valence-electron chi connectivity index (χ2n) is 11.5. The van der Waals surface area contributed by atoms with Crippen molar-refractivity contribution in [3.8, 4) is 0 Å². The zero-order chi connectivity index (χ0) is 21.4. The average molecular weight is 411 g/mol. The van der Waals surface area contributed by atoms with Crippen LogP contribution < -0.4 is 0 Å². The van der Waals surface area contributed by atoms with E-state index in [9.17, 15) is 9.90 Å². The molecule has 30 heavy (non-hydrogen) atoms. The van der Waals surface area contributed by atoms with E-state index < -0.39 is 0 Å². The molecule has 4 aliphatic carbocycles. The van der Waals surface area contributed by atoms with E-state index in [2.05, 4.69) is 31.9 Å². The van der Waals surface area contributed by atoms with Crippen molar-refractivity contribution in [2.45, 2.75) is 85.2 Å². The van der Waals surface area contributed by atoms with E-state index in [0.717, 1.165) is 60.5 Å². The summed E-state index contributed by atoms with van der Waals surface area (Å²) < 4.78 is 1.92. The molecule has 4 nitrogen and oxygen atoms in total. The average Bonchev–Trinajstić information content (AvgIpc) is 3.10. The summed E-state index contributed by atoms with van der Waals surface area (Å²) >= 11 is 0. The predicted octanol–water partition coefficient (Wildman–Crippen LogP) is 5.00. The zero-order valence-corrected chi connectivity index (χ0v) is 19.4. The van der Waals surface area contributed by atoms with Crippen LogP contribution in [-0.2, 0) is 11.8 Å². The van der Waals surface area contributed by atoms with Gasteiger partial charge >= 0.3 is 0 Å². The molecule has 0 radical (unpaired) electrons. The van der Waals surface area contributed by atoms with Gasteiger partial charge in [-0.1, -0.05) is 13.8 Å². The van der Waals surface area contributed by atoms with Crippen molar-refractivity contribution in [1.82, 2.24) is 9.78 Å². The predicted molar refractivity (Wildman–Crippen MR) is 119 cm³/mol. The largest absolute Gasteiger partial charge is 0.393 e. The molecule has 5 rings (SSSR count). The number of Topliss-reactive ketones (excluding diaryl/α,β-unsaturated/α-hetero) is 1. The molecule has 4 heteroatoms. The maximum Gasteiger partial charge on any atom is 0.165 e. The maximum absolute atomic E-state index is 13.6. The van der Waals surface area contributed by atoms with E-state index in [-0.39, 0.29) is 11.5 Å². The van der Waals surface area contributed by atoms with Crippen LogP contribution in [-0.4, -0.2) is 26.8 Å². The van der Waals surface area contributed by atoms with Crippen molar-refractivity contribution in [2.24, 2.45) is 41.5 Å². The number of fused-ring (bicyclic) bond motifs is 5. The molecule has 1 aromatic rings. The normalized spacial score (nSPS) is 44.7. The number of aliphatic hydroxyl groups is 1. The standard InChI is InChI=1S/C26H38N2O2/c1-15-21(16(2)28(5)27-15)12-17-13-23-20-7-6-18-14-19(29)8-10-25(18,3)22(20)9-11-26(23,4)24(17)30/h12,18-20,22-23,29H,6-11,13-14H2,1-5H3/b17-12+/t18-,19+,20-,22+,23+,25+,26+/m1/s1. The lowest BCUT2D eigenvalue weighted by molar-refractivity contribution is -0.141. The van der Waals surface area contributed by atoms with E-state index in [1.54, 1.807) is 0 Å². The summed E-state index contributed by atoms with van der Waals surface area (Å²) in [6.07, 6.45) is 10.8. The van der Waals surface area contributed by atoms with Crippen LogP contribution >= 0.6 is 0 Å². The number of hydrogen-bond acceptors (Lipinski definition) is 3. The summed E-state index contributed by atoms with van der Waals surface area (Å²) in [5, 5.41) is 14.8. The van der Waals surface area contributed by atoms with Crippen molar-refractivity contribution >= 4 is 11.9 Å². The third-order valence-corrected chi connectivity index (χ3v) is 10.2. The van der Waals surface area contributed by atoms with Gasteiger partial charge in [0, 0.05) is 23.7 Å². The van der Waals surface area contributed by atoms with E-state index in [1.807, 2.05) is 18.7 Å². The number of aromatic nitrogens is 2. The number of rotatable bonds is 1. The second kappa shape index (κ2) is 6.79. The Balaban J connectivity index is 1.47. The minimum absolute atomic E-state index is 0.0953. The summed E-state index contributed by atoms with van der Waals surface area (Å²) in [6.45, 7) is 8.91. The highest BCUT2D eigenvalue weighted by atomic mass is 16.3. The molecule has 0 saturated heterocycles. The number of ketones is 1. The molecule has 0 bridgehead atoms. The summed E-state index contributed by atoms with van der Waals surface area (Å²) in [5.74, 6) is 2.93. The van der Waals surface area contributed by atoms with Gasteiger partial charge in [-0.2, -0.15) is 5.10 Å². The minimum atomic E-state index is -0.186. The zero-order valence-electron chi connectivity index (χ0n) is 19.4. The molecule has 0 spiro atoms. The van der Waals surface area contributed by atoms with Crippen molar-refractivity contribution in [3.63, 3.8) is 0 Å². The van der Waals surface area contributed by atoms with E-state index in [0.29, 0.717) is 29.0 Å². The SMILES string of the molecule is Cc1nn(C)c(C)c1/C=C1\C[C@H]2[C@@H]3CC[C@@H]4C[C@@H](O)CC[C@]4(C)[C@H]3CC[C@]2(C)C1=O. The Labute approximate surface area is 181 Å². The number of carbonyl (C=O) groups excluding carboxylic acids is 1. The van der Waals surface area contributed by atoms with Gasteiger partial charge in [0.15, 0.2) is 5.78 Å². The molecule has 1 aromatic heterocycles. The van der Waals surface area contributed by atoms with Crippen LogP contribution in [0.5, 0.6) is 0 Å². The third-order valence-electron chi connectivity index (χ3n) is 10.2. The molecule has 4 saturated carbocycles.